The molecule has 0 saturated carbocycles. The molecule has 2 atom stereocenters. The summed E-state index contributed by atoms with van der Waals surface area (Å²) in [5.41, 5.74) is -0.404. The summed E-state index contributed by atoms with van der Waals surface area (Å²) in [5.74, 6) is -0.0688. The number of carbonyl (C=O) groups excluding carboxylic acids is 1. The van der Waals surface area contributed by atoms with Crippen LogP contribution in [0.1, 0.15) is 31.4 Å². The smallest absolute Gasteiger partial charge is 0.383 e. The Morgan fingerprint density at radius 1 is 1.33 bits per heavy atom. The van der Waals surface area contributed by atoms with Gasteiger partial charge in [-0.2, -0.15) is 13.2 Å². The van der Waals surface area contributed by atoms with Crippen LogP contribution in [0.2, 0.25) is 0 Å². The van der Waals surface area contributed by atoms with Gasteiger partial charge in [0.2, 0.25) is 5.91 Å². The maximum atomic E-state index is 13.1. The Hall–Kier alpha value is -1.64. The molecule has 0 aliphatic carbocycles. The zero-order valence-corrected chi connectivity index (χ0v) is 16.0. The third-order valence-electron chi connectivity index (χ3n) is 4.81. The first-order valence-electron chi connectivity index (χ1n) is 9.15. The number of nitrogens with one attached hydrogen (secondary N) is 2. The van der Waals surface area contributed by atoms with E-state index in [2.05, 4.69) is 15.5 Å². The molecule has 1 heterocycles. The Balaban J connectivity index is 1.99. The molecule has 5 nitrogen and oxygen atoms in total. The first-order valence-corrected chi connectivity index (χ1v) is 9.15. The highest BCUT2D eigenvalue weighted by Crippen LogP contribution is 2.32. The largest absolute Gasteiger partial charge is 0.416 e. The topological polar surface area (TPSA) is 53.6 Å². The van der Waals surface area contributed by atoms with E-state index < -0.39 is 11.7 Å². The van der Waals surface area contributed by atoms with Crippen molar-refractivity contribution < 1.29 is 22.7 Å². The van der Waals surface area contributed by atoms with Crippen LogP contribution in [0.15, 0.2) is 24.3 Å². The third kappa shape index (κ3) is 5.92. The van der Waals surface area contributed by atoms with Crippen LogP contribution in [0.4, 0.5) is 13.2 Å². The zero-order chi connectivity index (χ0) is 20.0. The minimum atomic E-state index is -4.37. The number of nitrogens with zero attached hydrogens (tertiary/aromatic N) is 1. The molecule has 2 N–H and O–H groups in total. The van der Waals surface area contributed by atoms with Gasteiger partial charge in [-0.15, -0.1) is 0 Å². The molecular weight excluding hydrogens is 359 g/mol. The van der Waals surface area contributed by atoms with E-state index >= 15 is 0 Å². The van der Waals surface area contributed by atoms with Gasteiger partial charge in [0.15, 0.2) is 0 Å². The first kappa shape index (κ1) is 21.7. The fraction of sp³-hybridized carbons (Fsp3) is 0.632. The Morgan fingerprint density at radius 2 is 2.04 bits per heavy atom. The molecule has 0 spiro atoms. The normalized spacial score (nSPS) is 21.0. The van der Waals surface area contributed by atoms with E-state index in [1.807, 2.05) is 13.8 Å². The van der Waals surface area contributed by atoms with Crippen LogP contribution < -0.4 is 10.6 Å². The maximum Gasteiger partial charge on any atom is 0.416 e. The molecule has 2 rings (SSSR count). The number of rotatable bonds is 8. The molecule has 0 aromatic heterocycles. The van der Waals surface area contributed by atoms with Crippen LogP contribution >= 0.6 is 0 Å². The van der Waals surface area contributed by atoms with Gasteiger partial charge < -0.3 is 15.4 Å². The number of halogens is 3. The van der Waals surface area contributed by atoms with Crippen molar-refractivity contribution in [3.63, 3.8) is 0 Å². The highest BCUT2D eigenvalue weighted by Gasteiger charge is 2.38. The minimum absolute atomic E-state index is 0.0492. The standard InChI is InChI=1S/C19H28F3N3O2/c1-13(2)25-12-15(10-17(25)18(26)23-8-9-27-3)24-11-14-6-4-5-7-16(14)19(20,21)22/h4-7,13,15,17,24H,8-12H2,1-3H3,(H,23,26)/t15-,17+/m1/s1. The maximum absolute atomic E-state index is 13.1. The van der Waals surface area contributed by atoms with Crippen LogP contribution in [-0.2, 0) is 22.3 Å². The summed E-state index contributed by atoms with van der Waals surface area (Å²) in [6, 6.07) is 5.40. The third-order valence-corrected chi connectivity index (χ3v) is 4.81. The summed E-state index contributed by atoms with van der Waals surface area (Å²) in [5, 5.41) is 6.05. The lowest BCUT2D eigenvalue weighted by atomic mass is 10.1. The Kier molecular flexibility index (Phi) is 7.64. The van der Waals surface area contributed by atoms with Crippen molar-refractivity contribution >= 4 is 5.91 Å². The second-order valence-electron chi connectivity index (χ2n) is 7.06. The molecule has 27 heavy (non-hydrogen) atoms. The van der Waals surface area contributed by atoms with Crippen LogP contribution in [-0.4, -0.2) is 55.7 Å². The molecule has 152 valence electrons. The van der Waals surface area contributed by atoms with Crippen molar-refractivity contribution in [3.05, 3.63) is 35.4 Å². The molecular formula is C19H28F3N3O2. The lowest BCUT2D eigenvalue weighted by Gasteiger charge is -2.27. The summed E-state index contributed by atoms with van der Waals surface area (Å²) in [4.78, 5) is 14.5. The van der Waals surface area contributed by atoms with Gasteiger partial charge in [-0.05, 0) is 31.9 Å². The molecule has 1 amide bonds. The van der Waals surface area contributed by atoms with E-state index in [1.165, 1.54) is 12.1 Å². The minimum Gasteiger partial charge on any atom is -0.383 e. The van der Waals surface area contributed by atoms with Crippen molar-refractivity contribution in [1.82, 2.24) is 15.5 Å². The fourth-order valence-corrected chi connectivity index (χ4v) is 3.44. The van der Waals surface area contributed by atoms with Crippen molar-refractivity contribution in [2.75, 3.05) is 26.8 Å². The second-order valence-corrected chi connectivity index (χ2v) is 7.06. The van der Waals surface area contributed by atoms with E-state index in [4.69, 9.17) is 4.74 Å². The van der Waals surface area contributed by atoms with Gasteiger partial charge in [0, 0.05) is 38.8 Å². The average Bonchev–Trinajstić information content (AvgIpc) is 3.04. The molecule has 1 fully saturated rings. The molecule has 0 bridgehead atoms. The van der Waals surface area contributed by atoms with Crippen molar-refractivity contribution in [2.24, 2.45) is 0 Å². The monoisotopic (exact) mass is 387 g/mol. The van der Waals surface area contributed by atoms with Crippen LogP contribution in [0.3, 0.4) is 0 Å². The number of amides is 1. The van der Waals surface area contributed by atoms with Crippen molar-refractivity contribution in [3.8, 4) is 0 Å². The highest BCUT2D eigenvalue weighted by atomic mass is 19.4. The summed E-state index contributed by atoms with van der Waals surface area (Å²) in [6.45, 7) is 5.64. The van der Waals surface area contributed by atoms with Gasteiger partial charge in [-0.1, -0.05) is 18.2 Å². The Morgan fingerprint density at radius 3 is 2.67 bits per heavy atom. The first-order chi connectivity index (χ1) is 12.7. The van der Waals surface area contributed by atoms with Crippen molar-refractivity contribution in [1.29, 1.82) is 0 Å². The number of hydrogen-bond acceptors (Lipinski definition) is 4. The van der Waals surface area contributed by atoms with Gasteiger partial charge in [0.05, 0.1) is 18.2 Å². The molecule has 1 saturated heterocycles. The van der Waals surface area contributed by atoms with E-state index in [0.717, 1.165) is 6.07 Å². The number of benzene rings is 1. The number of carbonyl (C=O) groups is 1. The van der Waals surface area contributed by atoms with Crippen LogP contribution in [0, 0.1) is 0 Å². The van der Waals surface area contributed by atoms with Crippen LogP contribution in [0.5, 0.6) is 0 Å². The number of ether oxygens (including phenoxy) is 1. The SMILES string of the molecule is COCCNC(=O)[C@@H]1C[C@@H](NCc2ccccc2C(F)(F)F)CN1C(C)C. The number of likely N-dealkylation sites (tertiary alicyclic amines) is 1. The summed E-state index contributed by atoms with van der Waals surface area (Å²) in [7, 11) is 1.57. The molecule has 1 aromatic rings. The van der Waals surface area contributed by atoms with Gasteiger partial charge in [0.1, 0.15) is 0 Å². The quantitative estimate of drug-likeness (QED) is 0.673. The predicted molar refractivity (Wildman–Crippen MR) is 97.2 cm³/mol. The Bertz CT molecular complexity index is 622. The summed E-state index contributed by atoms with van der Waals surface area (Å²) >= 11 is 0. The van der Waals surface area contributed by atoms with Gasteiger partial charge in [-0.25, -0.2) is 0 Å². The van der Waals surface area contributed by atoms with Crippen molar-refractivity contribution in [2.45, 2.75) is 51.1 Å². The number of methoxy groups -OCH3 is 1. The predicted octanol–water partition coefficient (Wildman–Crippen LogP) is 2.41. The zero-order valence-electron chi connectivity index (χ0n) is 16.0. The second kappa shape index (κ2) is 9.52. The molecule has 8 heteroatoms. The number of hydrogen-bond donors (Lipinski definition) is 2. The van der Waals surface area contributed by atoms with Gasteiger partial charge >= 0.3 is 6.18 Å². The van der Waals surface area contributed by atoms with E-state index in [1.54, 1.807) is 13.2 Å². The molecule has 0 unspecified atom stereocenters. The summed E-state index contributed by atoms with van der Waals surface area (Å²) in [6.07, 6.45) is -3.81. The Labute approximate surface area is 158 Å². The van der Waals surface area contributed by atoms with Crippen LogP contribution in [0.25, 0.3) is 0 Å². The van der Waals surface area contributed by atoms with Gasteiger partial charge in [0.25, 0.3) is 0 Å². The summed E-state index contributed by atoms with van der Waals surface area (Å²) < 4.78 is 44.3. The lowest BCUT2D eigenvalue weighted by molar-refractivity contribution is -0.138. The average molecular weight is 387 g/mol. The molecule has 0 radical (unpaired) electrons. The van der Waals surface area contributed by atoms with Gasteiger partial charge in [-0.3, -0.25) is 9.69 Å². The van der Waals surface area contributed by atoms with E-state index in [0.29, 0.717) is 26.1 Å². The van der Waals surface area contributed by atoms with E-state index in [9.17, 15) is 18.0 Å². The molecule has 1 aliphatic heterocycles. The molecule has 1 aliphatic rings. The number of alkyl halides is 3. The fourth-order valence-electron chi connectivity index (χ4n) is 3.44. The highest BCUT2D eigenvalue weighted by molar-refractivity contribution is 5.82. The lowest BCUT2D eigenvalue weighted by Crippen LogP contribution is -2.46. The van der Waals surface area contributed by atoms with E-state index in [-0.39, 0.29) is 36.1 Å². The molecule has 1 aromatic carbocycles.